The molecule has 1 fully saturated rings. The van der Waals surface area contributed by atoms with Gasteiger partial charge in [-0.1, -0.05) is 23.2 Å². The molecule has 1 aliphatic rings. The lowest BCUT2D eigenvalue weighted by molar-refractivity contribution is 0.0727. The molecule has 0 heterocycles. The van der Waals surface area contributed by atoms with Crippen molar-refractivity contribution in [3.8, 4) is 0 Å². The fourth-order valence-electron chi connectivity index (χ4n) is 1.96. The highest BCUT2D eigenvalue weighted by Crippen LogP contribution is 2.35. The monoisotopic (exact) mass is 271 g/mol. The molecule has 0 saturated heterocycles. The number of carbonyl (C=O) groups excluding carboxylic acids is 1. The van der Waals surface area contributed by atoms with Gasteiger partial charge in [-0.25, -0.2) is 0 Å². The van der Waals surface area contributed by atoms with E-state index in [1.165, 1.54) is 12.8 Å². The molecule has 1 saturated carbocycles. The van der Waals surface area contributed by atoms with Crippen LogP contribution in [0.25, 0.3) is 0 Å². The summed E-state index contributed by atoms with van der Waals surface area (Å²) in [5, 5.41) is 0.988. The van der Waals surface area contributed by atoms with Crippen LogP contribution in [0.1, 0.15) is 30.1 Å². The standard InChI is InChI=1S/C13H15Cl2NO/c1-8(9-3-4-9)16(2)13(17)10-5-11(14)7-12(15)6-10/h5-9H,3-4H2,1-2H3. The van der Waals surface area contributed by atoms with Crippen molar-refractivity contribution < 1.29 is 4.79 Å². The lowest BCUT2D eigenvalue weighted by atomic mass is 10.1. The lowest BCUT2D eigenvalue weighted by Crippen LogP contribution is -2.36. The van der Waals surface area contributed by atoms with Gasteiger partial charge in [-0.15, -0.1) is 0 Å². The molecule has 1 aliphatic carbocycles. The van der Waals surface area contributed by atoms with Crippen molar-refractivity contribution in [1.82, 2.24) is 4.90 Å². The molecule has 2 rings (SSSR count). The maximum atomic E-state index is 12.2. The Balaban J connectivity index is 2.17. The second-order valence-electron chi connectivity index (χ2n) is 4.65. The van der Waals surface area contributed by atoms with E-state index in [9.17, 15) is 4.79 Å². The summed E-state index contributed by atoms with van der Waals surface area (Å²) in [5.74, 6) is 0.632. The molecule has 1 aromatic carbocycles. The number of benzene rings is 1. The van der Waals surface area contributed by atoms with Gasteiger partial charge in [-0.05, 0) is 43.9 Å². The van der Waals surface area contributed by atoms with Crippen molar-refractivity contribution in [3.05, 3.63) is 33.8 Å². The van der Waals surface area contributed by atoms with Gasteiger partial charge in [0.15, 0.2) is 0 Å². The molecule has 0 bridgehead atoms. The third kappa shape index (κ3) is 2.93. The Morgan fingerprint density at radius 1 is 1.29 bits per heavy atom. The minimum Gasteiger partial charge on any atom is -0.339 e. The molecule has 0 spiro atoms. The van der Waals surface area contributed by atoms with E-state index < -0.39 is 0 Å². The normalized spacial score (nSPS) is 16.7. The minimum atomic E-state index is -0.0196. The van der Waals surface area contributed by atoms with Gasteiger partial charge in [-0.2, -0.15) is 0 Å². The molecular formula is C13H15Cl2NO. The maximum absolute atomic E-state index is 12.2. The largest absolute Gasteiger partial charge is 0.339 e. The molecule has 1 aromatic rings. The van der Waals surface area contributed by atoms with E-state index in [-0.39, 0.29) is 11.9 Å². The van der Waals surface area contributed by atoms with Crippen LogP contribution in [-0.4, -0.2) is 23.9 Å². The van der Waals surface area contributed by atoms with E-state index in [1.807, 2.05) is 7.05 Å². The molecule has 0 radical (unpaired) electrons. The first-order valence-electron chi connectivity index (χ1n) is 5.72. The van der Waals surface area contributed by atoms with Gasteiger partial charge in [0.25, 0.3) is 5.91 Å². The van der Waals surface area contributed by atoms with Crippen molar-refractivity contribution in [1.29, 1.82) is 0 Å². The predicted octanol–water partition coefficient (Wildman–Crippen LogP) is 3.86. The molecule has 4 heteroatoms. The fourth-order valence-corrected chi connectivity index (χ4v) is 2.49. The average molecular weight is 272 g/mol. The first-order chi connectivity index (χ1) is 7.99. The van der Waals surface area contributed by atoms with Crippen LogP contribution in [0.15, 0.2) is 18.2 Å². The van der Waals surface area contributed by atoms with Crippen LogP contribution in [0, 0.1) is 5.92 Å². The number of nitrogens with zero attached hydrogens (tertiary/aromatic N) is 1. The first kappa shape index (κ1) is 12.7. The molecule has 1 amide bonds. The molecular weight excluding hydrogens is 257 g/mol. The number of amides is 1. The highest BCUT2D eigenvalue weighted by Gasteiger charge is 2.32. The van der Waals surface area contributed by atoms with Crippen LogP contribution in [-0.2, 0) is 0 Å². The second kappa shape index (κ2) is 4.87. The van der Waals surface area contributed by atoms with E-state index in [0.717, 1.165) is 0 Å². The lowest BCUT2D eigenvalue weighted by Gasteiger charge is -2.25. The molecule has 0 aliphatic heterocycles. The molecule has 1 atom stereocenters. The summed E-state index contributed by atoms with van der Waals surface area (Å²) in [4.78, 5) is 14.0. The Labute approximate surface area is 112 Å². The Hall–Kier alpha value is -0.730. The van der Waals surface area contributed by atoms with Gasteiger partial charge in [-0.3, -0.25) is 4.79 Å². The third-order valence-corrected chi connectivity index (χ3v) is 3.78. The van der Waals surface area contributed by atoms with E-state index in [2.05, 4.69) is 6.92 Å². The van der Waals surface area contributed by atoms with E-state index in [1.54, 1.807) is 23.1 Å². The minimum absolute atomic E-state index is 0.0196. The highest BCUT2D eigenvalue weighted by molar-refractivity contribution is 6.35. The number of hydrogen-bond acceptors (Lipinski definition) is 1. The highest BCUT2D eigenvalue weighted by atomic mass is 35.5. The Kier molecular flexibility index (Phi) is 3.64. The van der Waals surface area contributed by atoms with Crippen molar-refractivity contribution in [2.75, 3.05) is 7.05 Å². The van der Waals surface area contributed by atoms with Crippen LogP contribution in [0.2, 0.25) is 10.0 Å². The Morgan fingerprint density at radius 3 is 2.29 bits per heavy atom. The summed E-state index contributed by atoms with van der Waals surface area (Å²) >= 11 is 11.8. The summed E-state index contributed by atoms with van der Waals surface area (Å²) < 4.78 is 0. The number of halogens is 2. The number of carbonyl (C=O) groups is 1. The van der Waals surface area contributed by atoms with Crippen LogP contribution >= 0.6 is 23.2 Å². The van der Waals surface area contributed by atoms with Gasteiger partial charge < -0.3 is 4.90 Å². The van der Waals surface area contributed by atoms with Crippen molar-refractivity contribution in [3.63, 3.8) is 0 Å². The zero-order valence-electron chi connectivity index (χ0n) is 9.91. The van der Waals surface area contributed by atoms with Crippen molar-refractivity contribution in [2.24, 2.45) is 5.92 Å². The summed E-state index contributed by atoms with van der Waals surface area (Å²) in [5.41, 5.74) is 0.553. The molecule has 0 aromatic heterocycles. The van der Waals surface area contributed by atoms with Gasteiger partial charge in [0.05, 0.1) is 0 Å². The number of rotatable bonds is 3. The SMILES string of the molecule is CC(C1CC1)N(C)C(=O)c1cc(Cl)cc(Cl)c1. The molecule has 0 N–H and O–H groups in total. The smallest absolute Gasteiger partial charge is 0.253 e. The topological polar surface area (TPSA) is 20.3 Å². The van der Waals surface area contributed by atoms with Crippen molar-refractivity contribution >= 4 is 29.1 Å². The van der Waals surface area contributed by atoms with Crippen LogP contribution in [0.5, 0.6) is 0 Å². The summed E-state index contributed by atoms with van der Waals surface area (Å²) in [6, 6.07) is 5.22. The fraction of sp³-hybridized carbons (Fsp3) is 0.462. The van der Waals surface area contributed by atoms with E-state index in [4.69, 9.17) is 23.2 Å². The Morgan fingerprint density at radius 2 is 1.82 bits per heavy atom. The quantitative estimate of drug-likeness (QED) is 0.818. The van der Waals surface area contributed by atoms with Gasteiger partial charge >= 0.3 is 0 Å². The van der Waals surface area contributed by atoms with E-state index in [0.29, 0.717) is 21.5 Å². The zero-order valence-corrected chi connectivity index (χ0v) is 11.4. The third-order valence-electron chi connectivity index (χ3n) is 3.34. The average Bonchev–Trinajstić information content (AvgIpc) is 3.08. The van der Waals surface area contributed by atoms with Crippen LogP contribution in [0.4, 0.5) is 0 Å². The van der Waals surface area contributed by atoms with Crippen LogP contribution < -0.4 is 0 Å². The molecule has 92 valence electrons. The predicted molar refractivity (Wildman–Crippen MR) is 70.7 cm³/mol. The summed E-state index contributed by atoms with van der Waals surface area (Å²) in [6.45, 7) is 2.09. The van der Waals surface area contributed by atoms with Gasteiger partial charge in [0.1, 0.15) is 0 Å². The van der Waals surface area contributed by atoms with Gasteiger partial charge in [0, 0.05) is 28.7 Å². The summed E-state index contributed by atoms with van der Waals surface area (Å²) in [7, 11) is 1.83. The zero-order chi connectivity index (χ0) is 12.6. The molecule has 2 nitrogen and oxygen atoms in total. The van der Waals surface area contributed by atoms with Gasteiger partial charge in [0.2, 0.25) is 0 Å². The Bertz CT molecular complexity index is 423. The van der Waals surface area contributed by atoms with Crippen molar-refractivity contribution in [2.45, 2.75) is 25.8 Å². The first-order valence-corrected chi connectivity index (χ1v) is 6.48. The van der Waals surface area contributed by atoms with Crippen LogP contribution in [0.3, 0.4) is 0 Å². The maximum Gasteiger partial charge on any atom is 0.253 e. The molecule has 1 unspecified atom stereocenters. The molecule has 17 heavy (non-hydrogen) atoms. The van der Waals surface area contributed by atoms with E-state index >= 15 is 0 Å². The second-order valence-corrected chi connectivity index (χ2v) is 5.53. The summed E-state index contributed by atoms with van der Waals surface area (Å²) in [6.07, 6.45) is 2.43. The number of hydrogen-bond donors (Lipinski definition) is 0.